The standard InChI is InChI=1S/C19H20N2O4/c1-3-25-17-7-5-4-6-15(17)21-19(23)14(12-20)10-13-8-9-16(22)18(11-13)24-2/h4-9,11,14,22H,3,10H2,1-2H3,(H,21,23)/t14-/m0/s1. The lowest BCUT2D eigenvalue weighted by Crippen LogP contribution is -2.23. The van der Waals surface area contributed by atoms with Crippen molar-refractivity contribution in [1.82, 2.24) is 0 Å². The van der Waals surface area contributed by atoms with Gasteiger partial charge in [0.15, 0.2) is 11.5 Å². The molecule has 1 atom stereocenters. The Kier molecular flexibility index (Phi) is 6.24. The summed E-state index contributed by atoms with van der Waals surface area (Å²) in [6.45, 7) is 2.33. The second-order valence-corrected chi connectivity index (χ2v) is 5.31. The van der Waals surface area contributed by atoms with E-state index in [1.807, 2.05) is 19.1 Å². The summed E-state index contributed by atoms with van der Waals surface area (Å²) in [7, 11) is 1.44. The number of phenolic OH excluding ortho intramolecular Hbond substituents is 1. The number of nitrogens with zero attached hydrogens (tertiary/aromatic N) is 1. The minimum Gasteiger partial charge on any atom is -0.504 e. The molecule has 2 aromatic carbocycles. The van der Waals surface area contributed by atoms with Gasteiger partial charge in [-0.3, -0.25) is 4.79 Å². The zero-order chi connectivity index (χ0) is 18.2. The molecular formula is C19H20N2O4. The average molecular weight is 340 g/mol. The molecule has 2 N–H and O–H groups in total. The van der Waals surface area contributed by atoms with Gasteiger partial charge in [0.2, 0.25) is 5.91 Å². The van der Waals surface area contributed by atoms with E-state index in [2.05, 4.69) is 5.32 Å². The topological polar surface area (TPSA) is 91.6 Å². The summed E-state index contributed by atoms with van der Waals surface area (Å²) >= 11 is 0. The summed E-state index contributed by atoms with van der Waals surface area (Å²) < 4.78 is 10.5. The number of rotatable bonds is 7. The molecular weight excluding hydrogens is 320 g/mol. The third-order valence-corrected chi connectivity index (χ3v) is 3.60. The lowest BCUT2D eigenvalue weighted by Gasteiger charge is -2.14. The van der Waals surface area contributed by atoms with Crippen molar-refractivity contribution in [3.8, 4) is 23.3 Å². The Bertz CT molecular complexity index is 783. The fourth-order valence-corrected chi connectivity index (χ4v) is 2.35. The summed E-state index contributed by atoms with van der Waals surface area (Å²) in [5.74, 6) is -0.432. The van der Waals surface area contributed by atoms with Crippen molar-refractivity contribution in [2.24, 2.45) is 5.92 Å². The zero-order valence-corrected chi connectivity index (χ0v) is 14.2. The first-order chi connectivity index (χ1) is 12.1. The number of para-hydroxylation sites is 2. The van der Waals surface area contributed by atoms with Gasteiger partial charge in [0.05, 0.1) is 25.5 Å². The van der Waals surface area contributed by atoms with Crippen LogP contribution in [0.2, 0.25) is 0 Å². The molecule has 0 saturated heterocycles. The van der Waals surface area contributed by atoms with Crippen LogP contribution in [0, 0.1) is 17.2 Å². The molecule has 0 heterocycles. The highest BCUT2D eigenvalue weighted by molar-refractivity contribution is 5.95. The molecule has 25 heavy (non-hydrogen) atoms. The number of nitriles is 1. The molecule has 2 aromatic rings. The highest BCUT2D eigenvalue weighted by Gasteiger charge is 2.20. The molecule has 0 unspecified atom stereocenters. The van der Waals surface area contributed by atoms with E-state index in [4.69, 9.17) is 9.47 Å². The number of aromatic hydroxyl groups is 1. The summed E-state index contributed by atoms with van der Waals surface area (Å²) in [4.78, 5) is 12.5. The molecule has 1 amide bonds. The Morgan fingerprint density at radius 2 is 2.04 bits per heavy atom. The number of carbonyl (C=O) groups excluding carboxylic acids is 1. The SMILES string of the molecule is CCOc1ccccc1NC(=O)[C@H](C#N)Cc1ccc(O)c(OC)c1. The summed E-state index contributed by atoms with van der Waals surface area (Å²) in [6.07, 6.45) is 0.204. The van der Waals surface area contributed by atoms with Crippen LogP contribution in [0.4, 0.5) is 5.69 Å². The molecule has 2 rings (SSSR count). The molecule has 6 nitrogen and oxygen atoms in total. The van der Waals surface area contributed by atoms with Gasteiger partial charge in [0.25, 0.3) is 0 Å². The van der Waals surface area contributed by atoms with Crippen molar-refractivity contribution < 1.29 is 19.4 Å². The van der Waals surface area contributed by atoms with E-state index in [0.29, 0.717) is 23.8 Å². The molecule has 0 aliphatic carbocycles. The third kappa shape index (κ3) is 4.64. The number of ether oxygens (including phenoxy) is 2. The number of hydrogen-bond acceptors (Lipinski definition) is 5. The Labute approximate surface area is 146 Å². The van der Waals surface area contributed by atoms with Crippen molar-refractivity contribution in [3.05, 3.63) is 48.0 Å². The Hall–Kier alpha value is -3.20. The third-order valence-electron chi connectivity index (χ3n) is 3.60. The van der Waals surface area contributed by atoms with Gasteiger partial charge in [0.1, 0.15) is 11.7 Å². The maximum atomic E-state index is 12.5. The fourth-order valence-electron chi connectivity index (χ4n) is 2.35. The number of carbonyl (C=O) groups is 1. The highest BCUT2D eigenvalue weighted by atomic mass is 16.5. The number of anilines is 1. The number of nitrogens with one attached hydrogen (secondary N) is 1. The summed E-state index contributed by atoms with van der Waals surface area (Å²) in [5.41, 5.74) is 1.24. The first-order valence-corrected chi connectivity index (χ1v) is 7.87. The lowest BCUT2D eigenvalue weighted by molar-refractivity contribution is -0.118. The highest BCUT2D eigenvalue weighted by Crippen LogP contribution is 2.28. The van der Waals surface area contributed by atoms with Crippen LogP contribution in [0.5, 0.6) is 17.2 Å². The minimum absolute atomic E-state index is 0.00912. The smallest absolute Gasteiger partial charge is 0.242 e. The average Bonchev–Trinajstić information content (AvgIpc) is 2.62. The fraction of sp³-hybridized carbons (Fsp3) is 0.263. The lowest BCUT2D eigenvalue weighted by atomic mass is 9.99. The molecule has 0 aliphatic heterocycles. The predicted octanol–water partition coefficient (Wildman–Crippen LogP) is 3.12. The van der Waals surface area contributed by atoms with Gasteiger partial charge in [-0.05, 0) is 43.2 Å². The quantitative estimate of drug-likeness (QED) is 0.808. The van der Waals surface area contributed by atoms with Crippen LogP contribution in [0.3, 0.4) is 0 Å². The van der Waals surface area contributed by atoms with Gasteiger partial charge in [0, 0.05) is 0 Å². The van der Waals surface area contributed by atoms with Crippen LogP contribution in [0.1, 0.15) is 12.5 Å². The van der Waals surface area contributed by atoms with E-state index in [-0.39, 0.29) is 12.2 Å². The normalized spacial score (nSPS) is 11.2. The zero-order valence-electron chi connectivity index (χ0n) is 14.2. The number of amides is 1. The maximum absolute atomic E-state index is 12.5. The van der Waals surface area contributed by atoms with Crippen LogP contribution >= 0.6 is 0 Å². The second kappa shape index (κ2) is 8.60. The van der Waals surface area contributed by atoms with E-state index in [1.165, 1.54) is 13.2 Å². The van der Waals surface area contributed by atoms with Crippen molar-refractivity contribution in [2.45, 2.75) is 13.3 Å². The van der Waals surface area contributed by atoms with Crippen molar-refractivity contribution in [1.29, 1.82) is 5.26 Å². The van der Waals surface area contributed by atoms with E-state index in [1.54, 1.807) is 30.3 Å². The van der Waals surface area contributed by atoms with Crippen molar-refractivity contribution in [2.75, 3.05) is 19.0 Å². The van der Waals surface area contributed by atoms with Gasteiger partial charge < -0.3 is 19.9 Å². The van der Waals surface area contributed by atoms with E-state index in [9.17, 15) is 15.2 Å². The van der Waals surface area contributed by atoms with Crippen LogP contribution in [-0.4, -0.2) is 24.7 Å². The maximum Gasteiger partial charge on any atom is 0.242 e. The second-order valence-electron chi connectivity index (χ2n) is 5.31. The molecule has 0 bridgehead atoms. The van der Waals surface area contributed by atoms with Gasteiger partial charge in [-0.25, -0.2) is 0 Å². The first kappa shape index (κ1) is 18.1. The van der Waals surface area contributed by atoms with Crippen LogP contribution in [0.25, 0.3) is 0 Å². The summed E-state index contributed by atoms with van der Waals surface area (Å²) in [6, 6.07) is 13.8. The molecule has 0 radical (unpaired) electrons. The van der Waals surface area contributed by atoms with Crippen molar-refractivity contribution in [3.63, 3.8) is 0 Å². The van der Waals surface area contributed by atoms with Crippen molar-refractivity contribution >= 4 is 11.6 Å². The Balaban J connectivity index is 2.13. The van der Waals surface area contributed by atoms with Gasteiger partial charge in [-0.1, -0.05) is 18.2 Å². The first-order valence-electron chi connectivity index (χ1n) is 7.87. The Morgan fingerprint density at radius 3 is 2.72 bits per heavy atom. The molecule has 130 valence electrons. The molecule has 6 heteroatoms. The largest absolute Gasteiger partial charge is 0.504 e. The van der Waals surface area contributed by atoms with Gasteiger partial charge >= 0.3 is 0 Å². The molecule has 0 fully saturated rings. The minimum atomic E-state index is -0.885. The Morgan fingerprint density at radius 1 is 1.28 bits per heavy atom. The van der Waals surface area contributed by atoms with E-state index in [0.717, 1.165) is 5.56 Å². The monoisotopic (exact) mass is 340 g/mol. The molecule has 0 saturated carbocycles. The van der Waals surface area contributed by atoms with Crippen LogP contribution < -0.4 is 14.8 Å². The van der Waals surface area contributed by atoms with Crippen LogP contribution in [0.15, 0.2) is 42.5 Å². The van der Waals surface area contributed by atoms with Gasteiger partial charge in [-0.2, -0.15) is 5.26 Å². The molecule has 0 spiro atoms. The number of benzene rings is 2. The molecule has 0 aliphatic rings. The summed E-state index contributed by atoms with van der Waals surface area (Å²) in [5, 5.41) is 21.7. The molecule has 0 aromatic heterocycles. The van der Waals surface area contributed by atoms with E-state index < -0.39 is 11.8 Å². The van der Waals surface area contributed by atoms with Crippen LogP contribution in [-0.2, 0) is 11.2 Å². The number of hydrogen-bond donors (Lipinski definition) is 2. The van der Waals surface area contributed by atoms with Gasteiger partial charge in [-0.15, -0.1) is 0 Å². The predicted molar refractivity (Wildman–Crippen MR) is 93.7 cm³/mol. The van der Waals surface area contributed by atoms with E-state index >= 15 is 0 Å². The number of phenols is 1. The number of methoxy groups -OCH3 is 1.